The number of ether oxygens (including phenoxy) is 1. The smallest absolute Gasteiger partial charge is 0.338 e. The second-order valence-electron chi connectivity index (χ2n) is 8.29. The Hall–Kier alpha value is -4.26. The van der Waals surface area contributed by atoms with E-state index in [4.69, 9.17) is 4.74 Å². The molecule has 1 N–H and O–H groups in total. The van der Waals surface area contributed by atoms with Gasteiger partial charge in [0.05, 0.1) is 22.9 Å². The van der Waals surface area contributed by atoms with Crippen molar-refractivity contribution in [3.8, 4) is 0 Å². The third-order valence-corrected chi connectivity index (χ3v) is 5.44. The zero-order valence-electron chi connectivity index (χ0n) is 19.1. The summed E-state index contributed by atoms with van der Waals surface area (Å²) in [4.78, 5) is 44.5. The number of esters is 1. The standard InChI is InChI=1S/C27H24N2O5/c1-16(2)34-27(33)19-7-6-8-20(15-19)29-23(21-9-4-5-14-28-21)22(25(31)26(29)32)24(30)18-12-10-17(3)11-13-18/h4-16,23,30H,1-3H3/b24-22+. The Morgan fingerprint density at radius 2 is 1.74 bits per heavy atom. The van der Waals surface area contributed by atoms with Crippen LogP contribution in [0.2, 0.25) is 0 Å². The van der Waals surface area contributed by atoms with Crippen molar-refractivity contribution >= 4 is 29.1 Å². The van der Waals surface area contributed by atoms with Crippen LogP contribution >= 0.6 is 0 Å². The van der Waals surface area contributed by atoms with Crippen LogP contribution in [0.15, 0.2) is 78.5 Å². The monoisotopic (exact) mass is 456 g/mol. The van der Waals surface area contributed by atoms with Crippen molar-refractivity contribution in [2.24, 2.45) is 0 Å². The third-order valence-electron chi connectivity index (χ3n) is 5.44. The van der Waals surface area contributed by atoms with Crippen molar-refractivity contribution in [2.45, 2.75) is 32.9 Å². The Kier molecular flexibility index (Phi) is 6.27. The molecule has 172 valence electrons. The Labute approximate surface area is 197 Å². The molecule has 1 saturated heterocycles. The predicted molar refractivity (Wildman–Crippen MR) is 127 cm³/mol. The molecule has 1 aliphatic heterocycles. The maximum absolute atomic E-state index is 13.2. The lowest BCUT2D eigenvalue weighted by Gasteiger charge is -2.25. The normalized spacial score (nSPS) is 17.3. The third kappa shape index (κ3) is 4.32. The molecule has 2 heterocycles. The minimum absolute atomic E-state index is 0.0669. The number of rotatable bonds is 5. The van der Waals surface area contributed by atoms with Gasteiger partial charge in [-0.25, -0.2) is 4.79 Å². The van der Waals surface area contributed by atoms with Crippen LogP contribution in [0.25, 0.3) is 5.76 Å². The molecule has 4 rings (SSSR count). The van der Waals surface area contributed by atoms with Crippen LogP contribution in [0.3, 0.4) is 0 Å². The van der Waals surface area contributed by atoms with Crippen LogP contribution in [0, 0.1) is 6.92 Å². The van der Waals surface area contributed by atoms with Gasteiger partial charge in [0.15, 0.2) is 0 Å². The molecule has 2 aromatic carbocycles. The predicted octanol–water partition coefficient (Wildman–Crippen LogP) is 4.58. The molecule has 0 saturated carbocycles. The maximum atomic E-state index is 13.2. The van der Waals surface area contributed by atoms with Gasteiger partial charge in [-0.2, -0.15) is 0 Å². The van der Waals surface area contributed by atoms with Crippen LogP contribution in [0.5, 0.6) is 0 Å². The summed E-state index contributed by atoms with van der Waals surface area (Å²) >= 11 is 0. The molecule has 0 aliphatic carbocycles. The number of aliphatic hydroxyl groups excluding tert-OH is 1. The molecule has 3 aromatic rings. The van der Waals surface area contributed by atoms with E-state index in [1.54, 1.807) is 68.6 Å². The van der Waals surface area contributed by atoms with E-state index in [0.717, 1.165) is 5.56 Å². The molecule has 0 bridgehead atoms. The summed E-state index contributed by atoms with van der Waals surface area (Å²) in [5.74, 6) is -2.48. The lowest BCUT2D eigenvalue weighted by Crippen LogP contribution is -2.30. The number of benzene rings is 2. The lowest BCUT2D eigenvalue weighted by molar-refractivity contribution is -0.132. The van der Waals surface area contributed by atoms with Gasteiger partial charge in [0.25, 0.3) is 11.7 Å². The molecule has 1 amide bonds. The van der Waals surface area contributed by atoms with Gasteiger partial charge in [0, 0.05) is 17.4 Å². The van der Waals surface area contributed by atoms with Gasteiger partial charge in [0.1, 0.15) is 11.8 Å². The van der Waals surface area contributed by atoms with E-state index >= 15 is 0 Å². The van der Waals surface area contributed by atoms with E-state index in [-0.39, 0.29) is 23.0 Å². The van der Waals surface area contributed by atoms with Crippen molar-refractivity contribution in [3.63, 3.8) is 0 Å². The average Bonchev–Trinajstić information content (AvgIpc) is 3.10. The fraction of sp³-hybridized carbons (Fsp3) is 0.185. The van der Waals surface area contributed by atoms with Gasteiger partial charge in [-0.05, 0) is 51.1 Å². The number of pyridine rings is 1. The molecular weight excluding hydrogens is 432 g/mol. The number of hydrogen-bond acceptors (Lipinski definition) is 6. The summed E-state index contributed by atoms with van der Waals surface area (Å²) < 4.78 is 5.27. The fourth-order valence-electron chi connectivity index (χ4n) is 3.85. The SMILES string of the molecule is Cc1ccc(/C(O)=C2\C(=O)C(=O)N(c3cccc(C(=O)OC(C)C)c3)C2c2ccccn2)cc1. The minimum Gasteiger partial charge on any atom is -0.507 e. The zero-order chi connectivity index (χ0) is 24.4. The van der Waals surface area contributed by atoms with Crippen LogP contribution in [-0.2, 0) is 14.3 Å². The molecular formula is C27H24N2O5. The molecule has 0 radical (unpaired) electrons. The summed E-state index contributed by atoms with van der Waals surface area (Å²) in [6.45, 7) is 5.40. The highest BCUT2D eigenvalue weighted by Crippen LogP contribution is 2.41. The second kappa shape index (κ2) is 9.31. The minimum atomic E-state index is -0.973. The lowest BCUT2D eigenvalue weighted by atomic mass is 9.97. The quantitative estimate of drug-likeness (QED) is 0.261. The molecule has 1 unspecified atom stereocenters. The number of aliphatic hydroxyl groups is 1. The van der Waals surface area contributed by atoms with Gasteiger partial charge < -0.3 is 9.84 Å². The van der Waals surface area contributed by atoms with E-state index in [1.807, 2.05) is 19.1 Å². The van der Waals surface area contributed by atoms with E-state index in [2.05, 4.69) is 4.98 Å². The highest BCUT2D eigenvalue weighted by molar-refractivity contribution is 6.51. The van der Waals surface area contributed by atoms with Gasteiger partial charge in [-0.15, -0.1) is 0 Å². The number of amides is 1. The summed E-state index contributed by atoms with van der Waals surface area (Å²) in [5, 5.41) is 11.1. The molecule has 7 heteroatoms. The average molecular weight is 456 g/mol. The molecule has 7 nitrogen and oxygen atoms in total. The maximum Gasteiger partial charge on any atom is 0.338 e. The largest absolute Gasteiger partial charge is 0.507 e. The first kappa shape index (κ1) is 22.9. The molecule has 1 atom stereocenters. The van der Waals surface area contributed by atoms with Crippen molar-refractivity contribution in [2.75, 3.05) is 4.90 Å². The number of hydrogen-bond donors (Lipinski definition) is 1. The van der Waals surface area contributed by atoms with Gasteiger partial charge in [-0.3, -0.25) is 19.5 Å². The number of aromatic nitrogens is 1. The topological polar surface area (TPSA) is 96.8 Å². The molecule has 1 fully saturated rings. The summed E-state index contributed by atoms with van der Waals surface area (Å²) in [5.41, 5.74) is 2.31. The number of carbonyl (C=O) groups is 3. The number of carbonyl (C=O) groups excluding carboxylic acids is 3. The molecule has 34 heavy (non-hydrogen) atoms. The Morgan fingerprint density at radius 3 is 2.38 bits per heavy atom. The Morgan fingerprint density at radius 1 is 1.00 bits per heavy atom. The Bertz CT molecular complexity index is 1280. The molecule has 1 aromatic heterocycles. The molecule has 1 aliphatic rings. The molecule has 0 spiro atoms. The van der Waals surface area contributed by atoms with Crippen LogP contribution in [0.1, 0.15) is 47.1 Å². The van der Waals surface area contributed by atoms with Crippen molar-refractivity contribution < 1.29 is 24.2 Å². The van der Waals surface area contributed by atoms with Crippen LogP contribution in [0.4, 0.5) is 5.69 Å². The van der Waals surface area contributed by atoms with Gasteiger partial charge >= 0.3 is 5.97 Å². The number of ketones is 1. The van der Waals surface area contributed by atoms with Crippen molar-refractivity contribution in [1.29, 1.82) is 0 Å². The van der Waals surface area contributed by atoms with E-state index in [1.165, 1.54) is 11.0 Å². The highest BCUT2D eigenvalue weighted by Gasteiger charge is 2.47. The van der Waals surface area contributed by atoms with Crippen LogP contribution < -0.4 is 4.90 Å². The number of aryl methyl sites for hydroxylation is 1. The van der Waals surface area contributed by atoms with Gasteiger partial charge in [-0.1, -0.05) is 42.0 Å². The first-order chi connectivity index (χ1) is 16.3. The van der Waals surface area contributed by atoms with Crippen molar-refractivity contribution in [3.05, 3.63) is 101 Å². The van der Waals surface area contributed by atoms with Crippen molar-refractivity contribution in [1.82, 2.24) is 4.98 Å². The summed E-state index contributed by atoms with van der Waals surface area (Å²) in [6, 6.07) is 17.5. The second-order valence-corrected chi connectivity index (χ2v) is 8.29. The van der Waals surface area contributed by atoms with E-state index < -0.39 is 23.7 Å². The number of Topliss-reactive ketones (excluding diaryl/α,β-unsaturated/α-hetero) is 1. The Balaban J connectivity index is 1.87. The van der Waals surface area contributed by atoms with E-state index in [0.29, 0.717) is 16.9 Å². The number of nitrogens with zero attached hydrogens (tertiary/aromatic N) is 2. The van der Waals surface area contributed by atoms with Crippen LogP contribution in [-0.4, -0.2) is 33.9 Å². The first-order valence-corrected chi connectivity index (χ1v) is 10.9. The summed E-state index contributed by atoms with van der Waals surface area (Å²) in [6.07, 6.45) is 1.24. The highest BCUT2D eigenvalue weighted by atomic mass is 16.5. The van der Waals surface area contributed by atoms with E-state index in [9.17, 15) is 19.5 Å². The fourth-order valence-corrected chi connectivity index (χ4v) is 3.85. The van der Waals surface area contributed by atoms with Gasteiger partial charge in [0.2, 0.25) is 0 Å². The summed E-state index contributed by atoms with van der Waals surface area (Å²) in [7, 11) is 0. The first-order valence-electron chi connectivity index (χ1n) is 10.9. The zero-order valence-corrected chi connectivity index (χ0v) is 19.1. The number of anilines is 1.